The Morgan fingerprint density at radius 3 is 2.21 bits per heavy atom. The molecule has 2 aromatic carbocycles. The number of anilines is 3. The van der Waals surface area contributed by atoms with E-state index in [-0.39, 0.29) is 6.04 Å². The van der Waals surface area contributed by atoms with Gasteiger partial charge >= 0.3 is 0 Å². The third kappa shape index (κ3) is 5.53. The zero-order chi connectivity index (χ0) is 21.7. The summed E-state index contributed by atoms with van der Waals surface area (Å²) in [5, 5.41) is 10.5. The lowest BCUT2D eigenvalue weighted by atomic mass is 10.1. The van der Waals surface area contributed by atoms with Crippen LogP contribution in [-0.2, 0) is 10.9 Å². The molecule has 156 valence electrons. The molecular weight excluding hydrogens is 410 g/mol. The first-order chi connectivity index (χ1) is 13.6. The molecule has 1 heterocycles. The van der Waals surface area contributed by atoms with Gasteiger partial charge in [-0.3, -0.25) is 9.59 Å². The zero-order valence-corrected chi connectivity index (χ0v) is 18.4. The lowest BCUT2D eigenvalue weighted by molar-refractivity contribution is 0.616. The van der Waals surface area contributed by atoms with Gasteiger partial charge in [0, 0.05) is 15.4 Å². The first kappa shape index (κ1) is 22.8. The van der Waals surface area contributed by atoms with E-state index in [1.807, 2.05) is 32.0 Å². The summed E-state index contributed by atoms with van der Waals surface area (Å²) in [6.07, 6.45) is 0.835. The first-order valence-electron chi connectivity index (χ1n) is 9.04. The minimum absolute atomic E-state index is 0.0288. The Kier molecular flexibility index (Phi) is 7.72. The topological polar surface area (TPSA) is 118 Å². The quantitative estimate of drug-likeness (QED) is 0.349. The summed E-state index contributed by atoms with van der Waals surface area (Å²) in [7, 11) is -2.62. The van der Waals surface area contributed by atoms with Gasteiger partial charge in [0.05, 0.1) is 6.04 Å². The van der Waals surface area contributed by atoms with Crippen LogP contribution in [0.2, 0.25) is 0 Å². The fourth-order valence-corrected chi connectivity index (χ4v) is 3.87. The maximum absolute atomic E-state index is 12.1. The lowest BCUT2D eigenvalue weighted by Gasteiger charge is -2.21. The summed E-state index contributed by atoms with van der Waals surface area (Å²) in [4.78, 5) is 26.6. The molecule has 0 bridgehead atoms. The molecule has 0 aliphatic carbocycles. The minimum atomic E-state index is -2.62. The molecule has 0 amide bonds. The van der Waals surface area contributed by atoms with E-state index in [9.17, 15) is 9.59 Å². The number of benzene rings is 1. The number of thiophene rings is 1. The van der Waals surface area contributed by atoms with Crippen molar-refractivity contribution < 1.29 is 8.42 Å². The molecule has 0 aliphatic rings. The van der Waals surface area contributed by atoms with Crippen molar-refractivity contribution in [3.63, 3.8) is 0 Å². The third-order valence-electron chi connectivity index (χ3n) is 4.61. The smallest absolute Gasteiger partial charge is 0.253 e. The summed E-state index contributed by atoms with van der Waals surface area (Å²) < 4.78 is 17.6. The molecule has 1 aromatic heterocycles. The second-order valence-corrected chi connectivity index (χ2v) is 8.51. The molecular formula is C20H25N3O4S2. The molecule has 0 spiro atoms. The second-order valence-electron chi connectivity index (χ2n) is 6.62. The molecule has 9 heteroatoms. The van der Waals surface area contributed by atoms with Gasteiger partial charge in [-0.15, -0.1) is 11.3 Å². The number of nitrogens with two attached hydrogens (primary N) is 1. The van der Waals surface area contributed by atoms with Crippen LogP contribution in [0, 0.1) is 20.8 Å². The van der Waals surface area contributed by atoms with Crippen LogP contribution in [0.4, 0.5) is 17.1 Å². The Labute approximate surface area is 175 Å². The van der Waals surface area contributed by atoms with E-state index >= 15 is 0 Å². The highest BCUT2D eigenvalue weighted by Crippen LogP contribution is 2.31. The number of nitrogens with one attached hydrogen (secondary N) is 2. The number of rotatable bonds is 6. The highest BCUT2D eigenvalue weighted by Gasteiger charge is 2.24. The standard InChI is InChI=1S/C20H22N2O2S.H3NO2S/c1-5-14(16-10-9-12(3)25-16)21-17-18(20(24)19(17)23)22-15-8-6-7-11(2)13(15)4;1-4(2)3/h6-10,14,21-22H,5H2,1-4H3;4H,(H2,1,2,3). The highest BCUT2D eigenvalue weighted by molar-refractivity contribution is 7.69. The summed E-state index contributed by atoms with van der Waals surface area (Å²) >= 11 is 1.71. The molecule has 1 unspecified atom stereocenters. The van der Waals surface area contributed by atoms with E-state index in [1.54, 1.807) is 11.3 Å². The predicted octanol–water partition coefficient (Wildman–Crippen LogP) is 3.05. The van der Waals surface area contributed by atoms with Crippen LogP contribution in [-0.4, -0.2) is 8.42 Å². The molecule has 0 radical (unpaired) electrons. The van der Waals surface area contributed by atoms with E-state index in [1.165, 1.54) is 9.75 Å². The molecule has 0 fully saturated rings. The van der Waals surface area contributed by atoms with Crippen molar-refractivity contribution in [3.8, 4) is 0 Å². The van der Waals surface area contributed by atoms with E-state index in [0.717, 1.165) is 23.2 Å². The highest BCUT2D eigenvalue weighted by atomic mass is 32.2. The van der Waals surface area contributed by atoms with Gasteiger partial charge in [0.1, 0.15) is 11.4 Å². The molecule has 0 saturated carbocycles. The zero-order valence-electron chi connectivity index (χ0n) is 16.7. The Morgan fingerprint density at radius 2 is 1.66 bits per heavy atom. The van der Waals surface area contributed by atoms with Gasteiger partial charge < -0.3 is 10.6 Å². The van der Waals surface area contributed by atoms with Gasteiger partial charge in [-0.1, -0.05) is 19.1 Å². The molecule has 7 nitrogen and oxygen atoms in total. The lowest BCUT2D eigenvalue weighted by Crippen LogP contribution is -2.37. The Balaban J connectivity index is 0.000000687. The van der Waals surface area contributed by atoms with Crippen molar-refractivity contribution >= 4 is 39.3 Å². The number of thiol groups is 1. The minimum Gasteiger partial charge on any atom is -0.372 e. The van der Waals surface area contributed by atoms with Gasteiger partial charge in [-0.25, -0.2) is 13.6 Å². The average molecular weight is 436 g/mol. The van der Waals surface area contributed by atoms with Crippen LogP contribution in [0.15, 0.2) is 39.9 Å². The molecule has 0 saturated heterocycles. The number of hydrogen-bond donors (Lipinski definition) is 4. The average Bonchev–Trinajstić information content (AvgIpc) is 3.09. The van der Waals surface area contributed by atoms with Gasteiger partial charge in [-0.05, 0) is 56.5 Å². The fraction of sp³-hybridized carbons (Fsp3) is 0.300. The fourth-order valence-electron chi connectivity index (χ4n) is 2.86. The van der Waals surface area contributed by atoms with Crippen LogP contribution in [0.3, 0.4) is 0 Å². The third-order valence-corrected chi connectivity index (χ3v) is 5.72. The van der Waals surface area contributed by atoms with Crippen LogP contribution < -0.4 is 26.6 Å². The summed E-state index contributed by atoms with van der Waals surface area (Å²) in [6, 6.07) is 10.1. The van der Waals surface area contributed by atoms with Crippen molar-refractivity contribution in [2.45, 2.75) is 40.2 Å². The van der Waals surface area contributed by atoms with Crippen molar-refractivity contribution in [2.24, 2.45) is 5.14 Å². The summed E-state index contributed by atoms with van der Waals surface area (Å²) in [5.41, 5.74) is 2.92. The Morgan fingerprint density at radius 1 is 1.03 bits per heavy atom. The van der Waals surface area contributed by atoms with Gasteiger partial charge in [0.25, 0.3) is 10.9 Å². The van der Waals surface area contributed by atoms with E-state index < -0.39 is 21.7 Å². The van der Waals surface area contributed by atoms with Crippen molar-refractivity contribution in [1.82, 2.24) is 0 Å². The summed E-state index contributed by atoms with van der Waals surface area (Å²) in [5.74, 6) is 0. The maximum atomic E-state index is 12.1. The maximum Gasteiger partial charge on any atom is 0.253 e. The summed E-state index contributed by atoms with van der Waals surface area (Å²) in [6.45, 7) is 8.15. The van der Waals surface area contributed by atoms with Gasteiger partial charge in [-0.2, -0.15) is 0 Å². The van der Waals surface area contributed by atoms with Crippen molar-refractivity contribution in [3.05, 3.63) is 71.7 Å². The normalized spacial score (nSPS) is 11.8. The molecule has 3 rings (SSSR count). The van der Waals surface area contributed by atoms with Crippen LogP contribution in [0.1, 0.15) is 40.3 Å². The van der Waals surface area contributed by atoms with Crippen LogP contribution in [0.25, 0.3) is 0 Å². The van der Waals surface area contributed by atoms with Crippen LogP contribution in [0.5, 0.6) is 0 Å². The molecule has 0 aliphatic heterocycles. The van der Waals surface area contributed by atoms with E-state index in [2.05, 4.69) is 41.8 Å². The second kappa shape index (κ2) is 9.82. The molecule has 29 heavy (non-hydrogen) atoms. The van der Waals surface area contributed by atoms with Gasteiger partial charge in [0.15, 0.2) is 10.9 Å². The molecule has 4 N–H and O–H groups in total. The Hall–Kier alpha value is -2.49. The Bertz CT molecular complexity index is 1130. The van der Waals surface area contributed by atoms with E-state index in [4.69, 9.17) is 8.42 Å². The van der Waals surface area contributed by atoms with Crippen molar-refractivity contribution in [1.29, 1.82) is 0 Å². The molecule has 3 aromatic rings. The number of hydrogen-bond acceptors (Lipinski definition) is 7. The number of aryl methyl sites for hydroxylation is 2. The molecule has 1 atom stereocenters. The predicted molar refractivity (Wildman–Crippen MR) is 121 cm³/mol. The monoisotopic (exact) mass is 435 g/mol. The largest absolute Gasteiger partial charge is 0.372 e. The van der Waals surface area contributed by atoms with E-state index in [0.29, 0.717) is 11.4 Å². The van der Waals surface area contributed by atoms with Gasteiger partial charge in [0.2, 0.25) is 0 Å². The van der Waals surface area contributed by atoms with Crippen LogP contribution >= 0.6 is 11.3 Å². The first-order valence-corrected chi connectivity index (χ1v) is 11.1. The van der Waals surface area contributed by atoms with Crippen molar-refractivity contribution in [2.75, 3.05) is 10.6 Å². The SMILES string of the molecule is CCC(Nc1c(Nc2cccc(C)c2C)c(=O)c1=O)c1ccc(C)s1.N[SH](=O)=O.